The van der Waals surface area contributed by atoms with Gasteiger partial charge in [0.2, 0.25) is 0 Å². The van der Waals surface area contributed by atoms with Crippen LogP contribution in [0.2, 0.25) is 0 Å². The third-order valence-corrected chi connectivity index (χ3v) is 3.42. The molecule has 2 N–H and O–H groups in total. The zero-order valence-electron chi connectivity index (χ0n) is 13.1. The highest BCUT2D eigenvalue weighted by atomic mass is 16.4. The molecule has 0 aliphatic heterocycles. The minimum absolute atomic E-state index is 0.238. The van der Waals surface area contributed by atoms with Gasteiger partial charge in [-0.25, -0.2) is 0 Å². The monoisotopic (exact) mass is 304 g/mol. The van der Waals surface area contributed by atoms with E-state index in [9.17, 15) is 9.59 Å². The fraction of sp³-hybridized carbons (Fsp3) is 0.400. The van der Waals surface area contributed by atoms with E-state index in [0.29, 0.717) is 11.4 Å². The molecule has 0 aliphatic rings. The van der Waals surface area contributed by atoms with Crippen molar-refractivity contribution in [2.45, 2.75) is 40.3 Å². The number of hydrogen-bond donors (Lipinski definition) is 2. The minimum Gasteiger partial charge on any atom is -0.480 e. The van der Waals surface area contributed by atoms with Crippen LogP contribution in [-0.4, -0.2) is 31.3 Å². The first-order valence-electron chi connectivity index (χ1n) is 7.04. The van der Waals surface area contributed by atoms with Crippen molar-refractivity contribution in [1.29, 1.82) is 0 Å². The molecule has 0 aromatic carbocycles. The Kier molecular flexibility index (Phi) is 4.35. The molecule has 0 atom stereocenters. The molecule has 7 heteroatoms. The van der Waals surface area contributed by atoms with Crippen LogP contribution in [0.15, 0.2) is 18.3 Å². The van der Waals surface area contributed by atoms with E-state index < -0.39 is 5.97 Å². The largest absolute Gasteiger partial charge is 0.480 e. The van der Waals surface area contributed by atoms with Crippen LogP contribution < -0.4 is 5.32 Å². The highest BCUT2D eigenvalue weighted by Crippen LogP contribution is 2.21. The van der Waals surface area contributed by atoms with Gasteiger partial charge in [0.1, 0.15) is 6.54 Å². The van der Waals surface area contributed by atoms with Crippen LogP contribution in [0, 0.1) is 13.8 Å². The molecule has 0 saturated heterocycles. The van der Waals surface area contributed by atoms with Crippen LogP contribution in [0.25, 0.3) is 0 Å². The van der Waals surface area contributed by atoms with Gasteiger partial charge in [-0.2, -0.15) is 5.10 Å². The Bertz CT molecular complexity index is 712. The Balaban J connectivity index is 2.17. The number of rotatable bonds is 5. The van der Waals surface area contributed by atoms with Gasteiger partial charge in [-0.05, 0) is 33.8 Å². The van der Waals surface area contributed by atoms with Crippen molar-refractivity contribution >= 4 is 17.7 Å². The fourth-order valence-corrected chi connectivity index (χ4v) is 2.64. The third kappa shape index (κ3) is 3.19. The van der Waals surface area contributed by atoms with Crippen molar-refractivity contribution in [3.05, 3.63) is 35.3 Å². The molecule has 7 nitrogen and oxygen atoms in total. The van der Waals surface area contributed by atoms with Gasteiger partial charge in [0.05, 0.1) is 5.56 Å². The van der Waals surface area contributed by atoms with Crippen LogP contribution in [0.5, 0.6) is 0 Å². The normalized spacial score (nSPS) is 11.0. The summed E-state index contributed by atoms with van der Waals surface area (Å²) in [5.41, 5.74) is 2.52. The SMILES string of the molecule is Cc1cc(C(=O)Nc2ccn(CC(=O)O)n2)c(C)n1C(C)C. The summed E-state index contributed by atoms with van der Waals surface area (Å²) >= 11 is 0. The molecule has 2 aromatic rings. The number of carboxylic acid groups (broad SMARTS) is 1. The van der Waals surface area contributed by atoms with Gasteiger partial charge in [-0.1, -0.05) is 0 Å². The van der Waals surface area contributed by atoms with E-state index in [4.69, 9.17) is 5.11 Å². The number of aryl methyl sites for hydroxylation is 1. The van der Waals surface area contributed by atoms with Gasteiger partial charge in [0.25, 0.3) is 5.91 Å². The van der Waals surface area contributed by atoms with Gasteiger partial charge in [0.15, 0.2) is 5.82 Å². The van der Waals surface area contributed by atoms with Gasteiger partial charge in [-0.3, -0.25) is 14.3 Å². The van der Waals surface area contributed by atoms with Gasteiger partial charge in [0, 0.05) is 29.7 Å². The Hall–Kier alpha value is -2.57. The Labute approximate surface area is 128 Å². The lowest BCUT2D eigenvalue weighted by atomic mass is 10.2. The Morgan fingerprint density at radius 3 is 2.59 bits per heavy atom. The lowest BCUT2D eigenvalue weighted by molar-refractivity contribution is -0.137. The number of nitrogens with zero attached hydrogens (tertiary/aromatic N) is 3. The molecule has 0 spiro atoms. The molecule has 118 valence electrons. The molecule has 0 radical (unpaired) electrons. The minimum atomic E-state index is -0.985. The molecule has 22 heavy (non-hydrogen) atoms. The standard InChI is InChI=1S/C15H20N4O3/c1-9(2)19-10(3)7-12(11(19)4)15(22)16-13-5-6-18(17-13)8-14(20)21/h5-7,9H,8H2,1-4H3,(H,20,21)(H,16,17,22). The number of aliphatic carboxylic acids is 1. The fourth-order valence-electron chi connectivity index (χ4n) is 2.64. The number of carboxylic acids is 1. The van der Waals surface area contributed by atoms with Crippen molar-refractivity contribution < 1.29 is 14.7 Å². The van der Waals surface area contributed by atoms with Crippen molar-refractivity contribution in [2.24, 2.45) is 0 Å². The summed E-state index contributed by atoms with van der Waals surface area (Å²) in [6.45, 7) is 7.76. The molecule has 2 aromatic heterocycles. The van der Waals surface area contributed by atoms with Crippen molar-refractivity contribution in [3.63, 3.8) is 0 Å². The van der Waals surface area contributed by atoms with Gasteiger partial charge in [-0.15, -0.1) is 0 Å². The van der Waals surface area contributed by atoms with E-state index >= 15 is 0 Å². The number of amides is 1. The molecule has 2 rings (SSSR count). The number of anilines is 1. The quantitative estimate of drug-likeness (QED) is 0.886. The van der Waals surface area contributed by atoms with E-state index in [1.54, 1.807) is 6.07 Å². The molecule has 0 aliphatic carbocycles. The Morgan fingerprint density at radius 1 is 1.36 bits per heavy atom. The van der Waals surface area contributed by atoms with E-state index in [-0.39, 0.29) is 18.5 Å². The number of aromatic nitrogens is 3. The molecule has 1 amide bonds. The van der Waals surface area contributed by atoms with Crippen LogP contribution in [0.4, 0.5) is 5.82 Å². The van der Waals surface area contributed by atoms with Gasteiger partial charge < -0.3 is 15.0 Å². The number of carbonyl (C=O) groups excluding carboxylic acids is 1. The van der Waals surface area contributed by atoms with Crippen molar-refractivity contribution in [1.82, 2.24) is 14.3 Å². The maximum Gasteiger partial charge on any atom is 0.325 e. The highest BCUT2D eigenvalue weighted by Gasteiger charge is 2.18. The number of carbonyl (C=O) groups is 2. The second-order valence-electron chi connectivity index (χ2n) is 5.49. The topological polar surface area (TPSA) is 89.2 Å². The van der Waals surface area contributed by atoms with E-state index in [1.807, 2.05) is 19.9 Å². The summed E-state index contributed by atoms with van der Waals surface area (Å²) in [5.74, 6) is -0.900. The van der Waals surface area contributed by atoms with Crippen LogP contribution in [-0.2, 0) is 11.3 Å². The summed E-state index contributed by atoms with van der Waals surface area (Å²) in [7, 11) is 0. The summed E-state index contributed by atoms with van der Waals surface area (Å²) in [6.07, 6.45) is 1.52. The average molecular weight is 304 g/mol. The lowest BCUT2D eigenvalue weighted by Crippen LogP contribution is -2.15. The van der Waals surface area contributed by atoms with E-state index in [0.717, 1.165) is 11.4 Å². The average Bonchev–Trinajstić information content (AvgIpc) is 2.93. The van der Waals surface area contributed by atoms with Crippen molar-refractivity contribution in [2.75, 3.05) is 5.32 Å². The zero-order chi connectivity index (χ0) is 16.4. The molecule has 0 bridgehead atoms. The van der Waals surface area contributed by atoms with Crippen molar-refractivity contribution in [3.8, 4) is 0 Å². The van der Waals surface area contributed by atoms with Crippen LogP contribution >= 0.6 is 0 Å². The summed E-state index contributed by atoms with van der Waals surface area (Å²) < 4.78 is 3.35. The smallest absolute Gasteiger partial charge is 0.325 e. The summed E-state index contributed by atoms with van der Waals surface area (Å²) in [5, 5.41) is 15.4. The van der Waals surface area contributed by atoms with E-state index in [1.165, 1.54) is 10.9 Å². The van der Waals surface area contributed by atoms with E-state index in [2.05, 4.69) is 28.8 Å². The molecular formula is C15H20N4O3. The maximum absolute atomic E-state index is 12.4. The zero-order valence-corrected chi connectivity index (χ0v) is 13.1. The van der Waals surface area contributed by atoms with Crippen LogP contribution in [0.3, 0.4) is 0 Å². The Morgan fingerprint density at radius 2 is 2.05 bits per heavy atom. The second kappa shape index (κ2) is 6.05. The summed E-state index contributed by atoms with van der Waals surface area (Å²) in [4.78, 5) is 23.0. The highest BCUT2D eigenvalue weighted by molar-refractivity contribution is 6.04. The first kappa shape index (κ1) is 15.8. The summed E-state index contributed by atoms with van der Waals surface area (Å²) in [6, 6.07) is 3.69. The van der Waals surface area contributed by atoms with Gasteiger partial charge >= 0.3 is 5.97 Å². The van der Waals surface area contributed by atoms with Crippen LogP contribution in [0.1, 0.15) is 41.6 Å². The predicted molar refractivity (Wildman–Crippen MR) is 82.1 cm³/mol. The number of hydrogen-bond acceptors (Lipinski definition) is 3. The third-order valence-electron chi connectivity index (χ3n) is 3.42. The predicted octanol–water partition coefficient (Wildman–Crippen LogP) is 2.22. The maximum atomic E-state index is 12.4. The lowest BCUT2D eigenvalue weighted by Gasteiger charge is -2.13. The molecule has 0 unspecified atom stereocenters. The molecule has 0 saturated carbocycles. The molecule has 0 fully saturated rings. The first-order chi connectivity index (χ1) is 10.3. The second-order valence-corrected chi connectivity index (χ2v) is 5.49. The molecule has 2 heterocycles. The molecular weight excluding hydrogens is 284 g/mol. The first-order valence-corrected chi connectivity index (χ1v) is 7.04. The number of nitrogens with one attached hydrogen (secondary N) is 1.